The second-order valence-electron chi connectivity index (χ2n) is 6.27. The van der Waals surface area contributed by atoms with Gasteiger partial charge in [-0.05, 0) is 30.2 Å². The molecule has 1 aromatic carbocycles. The third-order valence-corrected chi connectivity index (χ3v) is 4.62. The molecular formula is C18H25N5O2. The van der Waals surface area contributed by atoms with Crippen molar-refractivity contribution in [1.82, 2.24) is 20.0 Å². The molecule has 2 aromatic rings. The Balaban J connectivity index is 1.62. The van der Waals surface area contributed by atoms with Crippen LogP contribution < -0.4 is 10.1 Å². The van der Waals surface area contributed by atoms with Crippen LogP contribution in [0.5, 0.6) is 11.5 Å². The summed E-state index contributed by atoms with van der Waals surface area (Å²) in [4.78, 5) is 6.63. The number of likely N-dealkylation sites (tertiary alicyclic amines) is 1. The van der Waals surface area contributed by atoms with Crippen LogP contribution in [-0.4, -0.2) is 53.0 Å². The SMILES string of the molecule is CN=C(NCc1cc(OC)ccc1O)N1CCC(c2cnn(C)c2)C1. The Morgan fingerprint density at radius 1 is 1.48 bits per heavy atom. The number of methoxy groups -OCH3 is 1. The lowest BCUT2D eigenvalue weighted by atomic mass is 10.0. The van der Waals surface area contributed by atoms with Crippen molar-refractivity contribution in [3.05, 3.63) is 41.7 Å². The molecule has 0 spiro atoms. The maximum atomic E-state index is 10.0. The molecule has 0 saturated carbocycles. The summed E-state index contributed by atoms with van der Waals surface area (Å²) >= 11 is 0. The zero-order valence-corrected chi connectivity index (χ0v) is 14.9. The zero-order valence-electron chi connectivity index (χ0n) is 14.9. The molecule has 25 heavy (non-hydrogen) atoms. The molecule has 2 heterocycles. The van der Waals surface area contributed by atoms with E-state index in [1.165, 1.54) is 5.56 Å². The van der Waals surface area contributed by atoms with E-state index >= 15 is 0 Å². The monoisotopic (exact) mass is 343 g/mol. The topological polar surface area (TPSA) is 74.9 Å². The second kappa shape index (κ2) is 7.46. The van der Waals surface area contributed by atoms with Gasteiger partial charge in [-0.25, -0.2) is 0 Å². The lowest BCUT2D eigenvalue weighted by Gasteiger charge is -2.22. The minimum absolute atomic E-state index is 0.249. The molecule has 1 fully saturated rings. The van der Waals surface area contributed by atoms with Crippen molar-refractivity contribution < 1.29 is 9.84 Å². The number of aliphatic imine (C=N–C) groups is 1. The number of guanidine groups is 1. The fourth-order valence-corrected chi connectivity index (χ4v) is 3.21. The van der Waals surface area contributed by atoms with Crippen molar-refractivity contribution in [3.63, 3.8) is 0 Å². The number of nitrogens with zero attached hydrogens (tertiary/aromatic N) is 4. The van der Waals surface area contributed by atoms with E-state index in [0.29, 0.717) is 12.5 Å². The largest absolute Gasteiger partial charge is 0.508 e. The maximum absolute atomic E-state index is 10.0. The molecular weight excluding hydrogens is 318 g/mol. The summed E-state index contributed by atoms with van der Waals surface area (Å²) in [6.07, 6.45) is 5.11. The summed E-state index contributed by atoms with van der Waals surface area (Å²) in [5, 5.41) is 17.6. The van der Waals surface area contributed by atoms with E-state index in [4.69, 9.17) is 4.74 Å². The smallest absolute Gasteiger partial charge is 0.193 e. The predicted octanol–water partition coefficient (Wildman–Crippen LogP) is 1.70. The molecule has 1 aliphatic heterocycles. The normalized spacial score (nSPS) is 17.8. The van der Waals surface area contributed by atoms with Crippen LogP contribution in [-0.2, 0) is 13.6 Å². The van der Waals surface area contributed by atoms with Crippen molar-refractivity contribution >= 4 is 5.96 Å². The van der Waals surface area contributed by atoms with Crippen molar-refractivity contribution in [2.24, 2.45) is 12.0 Å². The van der Waals surface area contributed by atoms with Crippen LogP contribution in [0.4, 0.5) is 0 Å². The van der Waals surface area contributed by atoms with E-state index in [0.717, 1.165) is 36.8 Å². The minimum Gasteiger partial charge on any atom is -0.508 e. The lowest BCUT2D eigenvalue weighted by molar-refractivity contribution is 0.410. The van der Waals surface area contributed by atoms with Gasteiger partial charge in [0.1, 0.15) is 11.5 Å². The third kappa shape index (κ3) is 3.87. The highest BCUT2D eigenvalue weighted by Crippen LogP contribution is 2.27. The van der Waals surface area contributed by atoms with Crippen LogP contribution in [0.1, 0.15) is 23.5 Å². The maximum Gasteiger partial charge on any atom is 0.193 e. The van der Waals surface area contributed by atoms with Crippen LogP contribution in [0.15, 0.2) is 35.6 Å². The van der Waals surface area contributed by atoms with Crippen molar-refractivity contribution in [1.29, 1.82) is 0 Å². The van der Waals surface area contributed by atoms with E-state index < -0.39 is 0 Å². The molecule has 1 atom stereocenters. The molecule has 1 aliphatic rings. The molecule has 1 aromatic heterocycles. The van der Waals surface area contributed by atoms with Gasteiger partial charge in [-0.15, -0.1) is 0 Å². The predicted molar refractivity (Wildman–Crippen MR) is 97.0 cm³/mol. The van der Waals surface area contributed by atoms with Crippen LogP contribution in [0.3, 0.4) is 0 Å². The first kappa shape index (κ1) is 17.1. The zero-order chi connectivity index (χ0) is 17.8. The van der Waals surface area contributed by atoms with E-state index in [-0.39, 0.29) is 5.75 Å². The van der Waals surface area contributed by atoms with E-state index in [1.807, 2.05) is 24.0 Å². The summed E-state index contributed by atoms with van der Waals surface area (Å²) < 4.78 is 7.06. The van der Waals surface area contributed by atoms with Gasteiger partial charge in [0, 0.05) is 51.4 Å². The van der Waals surface area contributed by atoms with E-state index in [1.54, 1.807) is 26.3 Å². The van der Waals surface area contributed by atoms with Crippen molar-refractivity contribution in [2.45, 2.75) is 18.9 Å². The number of aromatic hydroxyl groups is 1. The van der Waals surface area contributed by atoms with Gasteiger partial charge in [0.05, 0.1) is 13.3 Å². The van der Waals surface area contributed by atoms with Gasteiger partial charge in [-0.2, -0.15) is 5.10 Å². The van der Waals surface area contributed by atoms with E-state index in [9.17, 15) is 5.11 Å². The molecule has 0 aliphatic carbocycles. The molecule has 3 rings (SSSR count). The average Bonchev–Trinajstić information content (AvgIpc) is 3.26. The molecule has 0 bridgehead atoms. The average molecular weight is 343 g/mol. The Morgan fingerprint density at radius 3 is 3.00 bits per heavy atom. The molecule has 2 N–H and O–H groups in total. The first-order chi connectivity index (χ1) is 12.1. The third-order valence-electron chi connectivity index (χ3n) is 4.62. The number of ether oxygens (including phenoxy) is 1. The van der Waals surface area contributed by atoms with Gasteiger partial charge in [-0.3, -0.25) is 9.67 Å². The van der Waals surface area contributed by atoms with Crippen molar-refractivity contribution in [2.75, 3.05) is 27.2 Å². The standard InChI is InChI=1S/C18H25N5O2/c1-19-18(20-9-14-8-16(25-3)4-5-17(14)24)23-7-6-13(12-23)15-10-21-22(2)11-15/h4-5,8,10-11,13,24H,6-7,9,12H2,1-3H3,(H,19,20). The molecule has 7 heteroatoms. The second-order valence-corrected chi connectivity index (χ2v) is 6.27. The lowest BCUT2D eigenvalue weighted by Crippen LogP contribution is -2.39. The van der Waals surface area contributed by atoms with Gasteiger partial charge in [-0.1, -0.05) is 0 Å². The number of benzene rings is 1. The van der Waals surface area contributed by atoms with Gasteiger partial charge in [0.2, 0.25) is 0 Å². The fourth-order valence-electron chi connectivity index (χ4n) is 3.21. The number of aromatic nitrogens is 2. The van der Waals surface area contributed by atoms with Gasteiger partial charge in [0.15, 0.2) is 5.96 Å². The number of rotatable bonds is 4. The Hall–Kier alpha value is -2.70. The highest BCUT2D eigenvalue weighted by Gasteiger charge is 2.26. The quantitative estimate of drug-likeness (QED) is 0.653. The Labute approximate surface area is 147 Å². The van der Waals surface area contributed by atoms with Crippen LogP contribution in [0, 0.1) is 0 Å². The highest BCUT2D eigenvalue weighted by molar-refractivity contribution is 5.80. The van der Waals surface area contributed by atoms with Crippen molar-refractivity contribution in [3.8, 4) is 11.5 Å². The van der Waals surface area contributed by atoms with Gasteiger partial charge >= 0.3 is 0 Å². The highest BCUT2D eigenvalue weighted by atomic mass is 16.5. The summed E-state index contributed by atoms with van der Waals surface area (Å²) in [5.41, 5.74) is 2.05. The van der Waals surface area contributed by atoms with E-state index in [2.05, 4.69) is 26.5 Å². The van der Waals surface area contributed by atoms with Gasteiger partial charge in [0.25, 0.3) is 0 Å². The number of phenols is 1. The Bertz CT molecular complexity index is 756. The van der Waals surface area contributed by atoms with Gasteiger partial charge < -0.3 is 20.1 Å². The number of aryl methyl sites for hydroxylation is 1. The molecule has 134 valence electrons. The summed E-state index contributed by atoms with van der Waals surface area (Å²) in [6, 6.07) is 5.22. The first-order valence-corrected chi connectivity index (χ1v) is 8.40. The number of hydrogen-bond donors (Lipinski definition) is 2. The summed E-state index contributed by atoms with van der Waals surface area (Å²) in [7, 11) is 5.34. The minimum atomic E-state index is 0.249. The van der Waals surface area contributed by atoms with Crippen LogP contribution >= 0.6 is 0 Å². The first-order valence-electron chi connectivity index (χ1n) is 8.40. The number of nitrogens with one attached hydrogen (secondary N) is 1. The van der Waals surface area contributed by atoms with Crippen LogP contribution in [0.2, 0.25) is 0 Å². The molecule has 7 nitrogen and oxygen atoms in total. The Kier molecular flexibility index (Phi) is 5.11. The molecule has 1 saturated heterocycles. The molecule has 1 unspecified atom stereocenters. The number of hydrogen-bond acceptors (Lipinski definition) is 4. The molecule has 0 radical (unpaired) electrons. The Morgan fingerprint density at radius 2 is 2.32 bits per heavy atom. The number of phenolic OH excluding ortho intramolecular Hbond substituents is 1. The summed E-state index contributed by atoms with van der Waals surface area (Å²) in [6.45, 7) is 2.35. The summed E-state index contributed by atoms with van der Waals surface area (Å²) in [5.74, 6) is 2.28. The molecule has 0 amide bonds. The fraction of sp³-hybridized carbons (Fsp3) is 0.444. The van der Waals surface area contributed by atoms with Crippen LogP contribution in [0.25, 0.3) is 0 Å².